The molecule has 1 aromatic rings. The van der Waals surface area contributed by atoms with Crippen LogP contribution < -0.4 is 15.4 Å². The van der Waals surface area contributed by atoms with E-state index in [0.717, 1.165) is 43.6 Å². The summed E-state index contributed by atoms with van der Waals surface area (Å²) in [5.41, 5.74) is 1.10. The predicted molar refractivity (Wildman–Crippen MR) is 106 cm³/mol. The van der Waals surface area contributed by atoms with Gasteiger partial charge in [-0.2, -0.15) is 0 Å². The molecule has 1 atom stereocenters. The molecule has 0 aliphatic heterocycles. The number of aliphatic imine (C=N–C) groups is 1. The van der Waals surface area contributed by atoms with Crippen LogP contribution in [0.1, 0.15) is 45.6 Å². The first-order valence-electron chi connectivity index (χ1n) is 9.76. The van der Waals surface area contributed by atoms with Gasteiger partial charge in [-0.15, -0.1) is 0 Å². The SMILES string of the molecule is CCOC(CCNC(=NC)NCc1ccc(OCC2CC2)nc1)C(C)C. The molecule has 1 unspecified atom stereocenters. The highest BCUT2D eigenvalue weighted by molar-refractivity contribution is 5.79. The molecule has 0 amide bonds. The lowest BCUT2D eigenvalue weighted by atomic mass is 10.0. The first-order valence-corrected chi connectivity index (χ1v) is 9.76. The van der Waals surface area contributed by atoms with Crippen molar-refractivity contribution in [1.29, 1.82) is 0 Å². The van der Waals surface area contributed by atoms with Crippen molar-refractivity contribution < 1.29 is 9.47 Å². The molecule has 6 nitrogen and oxygen atoms in total. The third kappa shape index (κ3) is 7.60. The summed E-state index contributed by atoms with van der Waals surface area (Å²) < 4.78 is 11.4. The average Bonchev–Trinajstić information content (AvgIpc) is 3.47. The zero-order valence-corrected chi connectivity index (χ0v) is 16.6. The van der Waals surface area contributed by atoms with Gasteiger partial charge in [-0.25, -0.2) is 4.98 Å². The minimum absolute atomic E-state index is 0.276. The zero-order chi connectivity index (χ0) is 18.8. The largest absolute Gasteiger partial charge is 0.477 e. The van der Waals surface area contributed by atoms with Gasteiger partial charge in [0.05, 0.1) is 12.7 Å². The number of nitrogens with one attached hydrogen (secondary N) is 2. The van der Waals surface area contributed by atoms with Gasteiger partial charge in [0.1, 0.15) is 0 Å². The third-order valence-electron chi connectivity index (χ3n) is 4.49. The summed E-state index contributed by atoms with van der Waals surface area (Å²) >= 11 is 0. The number of pyridine rings is 1. The third-order valence-corrected chi connectivity index (χ3v) is 4.49. The van der Waals surface area contributed by atoms with Crippen molar-refractivity contribution in [3.8, 4) is 5.88 Å². The molecular formula is C20H34N4O2. The second-order valence-corrected chi connectivity index (χ2v) is 7.14. The van der Waals surface area contributed by atoms with Crippen LogP contribution in [-0.2, 0) is 11.3 Å². The lowest BCUT2D eigenvalue weighted by Gasteiger charge is -2.21. The minimum atomic E-state index is 0.276. The monoisotopic (exact) mass is 362 g/mol. The van der Waals surface area contributed by atoms with E-state index in [1.165, 1.54) is 12.8 Å². The fourth-order valence-corrected chi connectivity index (χ4v) is 2.65. The predicted octanol–water partition coefficient (Wildman–Crippen LogP) is 2.99. The molecule has 146 valence electrons. The molecule has 0 saturated heterocycles. The fourth-order valence-electron chi connectivity index (χ4n) is 2.65. The number of rotatable bonds is 11. The summed E-state index contributed by atoms with van der Waals surface area (Å²) in [6, 6.07) is 3.98. The zero-order valence-electron chi connectivity index (χ0n) is 16.6. The van der Waals surface area contributed by atoms with E-state index in [-0.39, 0.29) is 6.10 Å². The Morgan fingerprint density at radius 2 is 2.12 bits per heavy atom. The first kappa shape index (κ1) is 20.5. The van der Waals surface area contributed by atoms with Gasteiger partial charge in [0.2, 0.25) is 5.88 Å². The normalized spacial score (nSPS) is 15.8. The van der Waals surface area contributed by atoms with Gasteiger partial charge >= 0.3 is 0 Å². The van der Waals surface area contributed by atoms with Crippen LogP contribution in [0.2, 0.25) is 0 Å². The van der Waals surface area contributed by atoms with Crippen LogP contribution in [0.15, 0.2) is 23.3 Å². The summed E-state index contributed by atoms with van der Waals surface area (Å²) in [6.45, 7) is 9.48. The second kappa shape index (κ2) is 11.0. The van der Waals surface area contributed by atoms with E-state index in [1.54, 1.807) is 7.05 Å². The maximum absolute atomic E-state index is 5.78. The lowest BCUT2D eigenvalue weighted by molar-refractivity contribution is 0.0258. The van der Waals surface area contributed by atoms with Gasteiger partial charge in [-0.05, 0) is 43.6 Å². The van der Waals surface area contributed by atoms with Crippen LogP contribution in [0.4, 0.5) is 0 Å². The van der Waals surface area contributed by atoms with Crippen LogP contribution >= 0.6 is 0 Å². The molecule has 2 rings (SSSR count). The van der Waals surface area contributed by atoms with E-state index >= 15 is 0 Å². The van der Waals surface area contributed by atoms with Crippen LogP contribution in [0, 0.1) is 11.8 Å². The van der Waals surface area contributed by atoms with E-state index < -0.39 is 0 Å². The highest BCUT2D eigenvalue weighted by atomic mass is 16.5. The van der Waals surface area contributed by atoms with Gasteiger partial charge in [0, 0.05) is 39.0 Å². The molecule has 1 heterocycles. The Kier molecular flexibility index (Phi) is 8.68. The standard InChI is InChI=1S/C20H34N4O2/c1-5-25-18(15(2)3)10-11-22-20(21-4)24-13-17-8-9-19(23-12-17)26-14-16-6-7-16/h8-9,12,15-16,18H,5-7,10-11,13-14H2,1-4H3,(H2,21,22,24). The van der Waals surface area contributed by atoms with Crippen molar-refractivity contribution in [2.75, 3.05) is 26.8 Å². The number of hydrogen-bond donors (Lipinski definition) is 2. The van der Waals surface area contributed by atoms with Crippen molar-refractivity contribution in [3.63, 3.8) is 0 Å². The van der Waals surface area contributed by atoms with Crippen LogP contribution in [-0.4, -0.2) is 43.9 Å². The van der Waals surface area contributed by atoms with Gasteiger partial charge in [0.25, 0.3) is 0 Å². The van der Waals surface area contributed by atoms with Crippen molar-refractivity contribution in [2.24, 2.45) is 16.8 Å². The maximum atomic E-state index is 5.78. The number of hydrogen-bond acceptors (Lipinski definition) is 4. The molecule has 1 aromatic heterocycles. The van der Waals surface area contributed by atoms with Gasteiger partial charge in [0.15, 0.2) is 5.96 Å². The molecule has 0 radical (unpaired) electrons. The van der Waals surface area contributed by atoms with Crippen molar-refractivity contribution >= 4 is 5.96 Å². The number of guanidine groups is 1. The topological polar surface area (TPSA) is 67.8 Å². The van der Waals surface area contributed by atoms with Crippen molar-refractivity contribution in [1.82, 2.24) is 15.6 Å². The van der Waals surface area contributed by atoms with E-state index in [2.05, 4.69) is 34.5 Å². The van der Waals surface area contributed by atoms with Crippen LogP contribution in [0.3, 0.4) is 0 Å². The highest BCUT2D eigenvalue weighted by Crippen LogP contribution is 2.29. The smallest absolute Gasteiger partial charge is 0.213 e. The summed E-state index contributed by atoms with van der Waals surface area (Å²) in [5, 5.41) is 6.67. The van der Waals surface area contributed by atoms with E-state index in [4.69, 9.17) is 9.47 Å². The summed E-state index contributed by atoms with van der Waals surface area (Å²) in [6.07, 6.45) is 5.67. The lowest BCUT2D eigenvalue weighted by Crippen LogP contribution is -2.38. The van der Waals surface area contributed by atoms with Gasteiger partial charge < -0.3 is 20.1 Å². The molecule has 6 heteroatoms. The maximum Gasteiger partial charge on any atom is 0.213 e. The first-order chi connectivity index (χ1) is 12.6. The van der Waals surface area contributed by atoms with E-state index in [1.807, 2.05) is 25.3 Å². The molecule has 1 fully saturated rings. The summed E-state index contributed by atoms with van der Waals surface area (Å²) in [5.74, 6) is 2.75. The fraction of sp³-hybridized carbons (Fsp3) is 0.700. The molecule has 1 aliphatic rings. The summed E-state index contributed by atoms with van der Waals surface area (Å²) in [4.78, 5) is 8.64. The highest BCUT2D eigenvalue weighted by Gasteiger charge is 2.22. The molecule has 1 aliphatic carbocycles. The second-order valence-electron chi connectivity index (χ2n) is 7.14. The Bertz CT molecular complexity index is 541. The van der Waals surface area contributed by atoms with Crippen molar-refractivity contribution in [3.05, 3.63) is 23.9 Å². The van der Waals surface area contributed by atoms with Gasteiger partial charge in [-0.1, -0.05) is 19.9 Å². The number of aromatic nitrogens is 1. The molecule has 26 heavy (non-hydrogen) atoms. The van der Waals surface area contributed by atoms with Crippen LogP contribution in [0.25, 0.3) is 0 Å². The average molecular weight is 363 g/mol. The molecule has 2 N–H and O–H groups in total. The van der Waals surface area contributed by atoms with Crippen molar-refractivity contribution in [2.45, 2.75) is 52.7 Å². The van der Waals surface area contributed by atoms with Gasteiger partial charge in [-0.3, -0.25) is 4.99 Å². The van der Waals surface area contributed by atoms with Crippen LogP contribution in [0.5, 0.6) is 5.88 Å². The Balaban J connectivity index is 1.68. The molecule has 0 aromatic carbocycles. The minimum Gasteiger partial charge on any atom is -0.477 e. The quantitative estimate of drug-likeness (QED) is 0.468. The molecule has 1 saturated carbocycles. The Labute approximate surface area is 157 Å². The number of nitrogens with zero attached hydrogens (tertiary/aromatic N) is 2. The Morgan fingerprint density at radius 1 is 1.31 bits per heavy atom. The Morgan fingerprint density at radius 3 is 2.69 bits per heavy atom. The van der Waals surface area contributed by atoms with E-state index in [9.17, 15) is 0 Å². The molecule has 0 spiro atoms. The number of ether oxygens (including phenoxy) is 2. The van der Waals surface area contributed by atoms with E-state index in [0.29, 0.717) is 18.3 Å². The summed E-state index contributed by atoms with van der Waals surface area (Å²) in [7, 11) is 1.78. The Hall–Kier alpha value is -1.82. The molecule has 0 bridgehead atoms. The molecular weight excluding hydrogens is 328 g/mol.